The first-order valence-electron chi connectivity index (χ1n) is 7.25. The monoisotopic (exact) mass is 277 g/mol. The SMILES string of the molecule is COc1cccc(CCC(=O)NCC2CCC(O)C2)c1. The van der Waals surface area contributed by atoms with E-state index in [9.17, 15) is 9.90 Å². The molecule has 1 saturated carbocycles. The van der Waals surface area contributed by atoms with Crippen LogP contribution in [0.3, 0.4) is 0 Å². The van der Waals surface area contributed by atoms with Crippen molar-refractivity contribution < 1.29 is 14.6 Å². The highest BCUT2D eigenvalue weighted by Gasteiger charge is 2.22. The quantitative estimate of drug-likeness (QED) is 0.835. The molecule has 4 heteroatoms. The van der Waals surface area contributed by atoms with E-state index >= 15 is 0 Å². The molecule has 0 saturated heterocycles. The molecule has 2 atom stereocenters. The second-order valence-electron chi connectivity index (χ2n) is 5.49. The molecule has 20 heavy (non-hydrogen) atoms. The molecule has 0 aliphatic heterocycles. The highest BCUT2D eigenvalue weighted by atomic mass is 16.5. The van der Waals surface area contributed by atoms with Crippen LogP contribution >= 0.6 is 0 Å². The number of carbonyl (C=O) groups is 1. The minimum Gasteiger partial charge on any atom is -0.497 e. The van der Waals surface area contributed by atoms with Crippen molar-refractivity contribution >= 4 is 5.91 Å². The third kappa shape index (κ3) is 4.53. The van der Waals surface area contributed by atoms with E-state index in [0.717, 1.165) is 37.0 Å². The van der Waals surface area contributed by atoms with Crippen LogP contribution in [0.2, 0.25) is 0 Å². The number of carbonyl (C=O) groups excluding carboxylic acids is 1. The molecule has 0 spiro atoms. The molecule has 110 valence electrons. The van der Waals surface area contributed by atoms with Crippen molar-refractivity contribution in [3.05, 3.63) is 29.8 Å². The van der Waals surface area contributed by atoms with Crippen LogP contribution in [0.5, 0.6) is 5.75 Å². The molecule has 2 N–H and O–H groups in total. The fourth-order valence-electron chi connectivity index (χ4n) is 2.67. The number of hydrogen-bond donors (Lipinski definition) is 2. The number of ether oxygens (including phenoxy) is 1. The lowest BCUT2D eigenvalue weighted by Gasteiger charge is -2.11. The van der Waals surface area contributed by atoms with E-state index in [0.29, 0.717) is 18.9 Å². The number of aliphatic hydroxyl groups is 1. The molecule has 1 aliphatic rings. The van der Waals surface area contributed by atoms with Crippen molar-refractivity contribution in [2.24, 2.45) is 5.92 Å². The zero-order chi connectivity index (χ0) is 14.4. The minimum atomic E-state index is -0.173. The van der Waals surface area contributed by atoms with E-state index in [2.05, 4.69) is 5.32 Å². The van der Waals surface area contributed by atoms with Crippen molar-refractivity contribution in [2.75, 3.05) is 13.7 Å². The standard InChI is InChI=1S/C16H23NO3/c1-20-15-4-2-3-12(10-15)6-8-16(19)17-11-13-5-7-14(18)9-13/h2-4,10,13-14,18H,5-9,11H2,1H3,(H,17,19). The van der Waals surface area contributed by atoms with Crippen LogP contribution in [0.15, 0.2) is 24.3 Å². The van der Waals surface area contributed by atoms with Gasteiger partial charge in [-0.15, -0.1) is 0 Å². The first kappa shape index (κ1) is 14.9. The lowest BCUT2D eigenvalue weighted by molar-refractivity contribution is -0.121. The van der Waals surface area contributed by atoms with Gasteiger partial charge in [-0.05, 0) is 49.3 Å². The van der Waals surface area contributed by atoms with Crippen molar-refractivity contribution in [1.29, 1.82) is 0 Å². The molecule has 2 rings (SSSR count). The van der Waals surface area contributed by atoms with Gasteiger partial charge in [0.1, 0.15) is 5.75 Å². The molecule has 1 fully saturated rings. The fourth-order valence-corrected chi connectivity index (χ4v) is 2.67. The number of nitrogens with one attached hydrogen (secondary N) is 1. The lowest BCUT2D eigenvalue weighted by atomic mass is 10.1. The number of methoxy groups -OCH3 is 1. The van der Waals surface area contributed by atoms with Crippen LogP contribution in [-0.2, 0) is 11.2 Å². The van der Waals surface area contributed by atoms with Gasteiger partial charge < -0.3 is 15.2 Å². The average molecular weight is 277 g/mol. The molecular weight excluding hydrogens is 254 g/mol. The van der Waals surface area contributed by atoms with Crippen molar-refractivity contribution in [1.82, 2.24) is 5.32 Å². The van der Waals surface area contributed by atoms with E-state index in [1.807, 2.05) is 24.3 Å². The Morgan fingerprint density at radius 3 is 3.00 bits per heavy atom. The van der Waals surface area contributed by atoms with Crippen LogP contribution in [0.25, 0.3) is 0 Å². The summed E-state index contributed by atoms with van der Waals surface area (Å²) in [4.78, 5) is 11.8. The summed E-state index contributed by atoms with van der Waals surface area (Å²) in [5.41, 5.74) is 1.11. The molecule has 1 amide bonds. The summed E-state index contributed by atoms with van der Waals surface area (Å²) in [6, 6.07) is 7.80. The number of benzene rings is 1. The second-order valence-corrected chi connectivity index (χ2v) is 5.49. The third-order valence-corrected chi connectivity index (χ3v) is 3.88. The van der Waals surface area contributed by atoms with Gasteiger partial charge in [0.25, 0.3) is 0 Å². The molecule has 2 unspecified atom stereocenters. The van der Waals surface area contributed by atoms with Gasteiger partial charge in [-0.2, -0.15) is 0 Å². The van der Waals surface area contributed by atoms with Crippen LogP contribution in [0.1, 0.15) is 31.2 Å². The van der Waals surface area contributed by atoms with Crippen LogP contribution in [0.4, 0.5) is 0 Å². The third-order valence-electron chi connectivity index (χ3n) is 3.88. The number of amides is 1. The van der Waals surface area contributed by atoms with Crippen molar-refractivity contribution in [2.45, 2.75) is 38.2 Å². The van der Waals surface area contributed by atoms with Crippen molar-refractivity contribution in [3.63, 3.8) is 0 Å². The van der Waals surface area contributed by atoms with Gasteiger partial charge >= 0.3 is 0 Å². The Bertz CT molecular complexity index is 447. The van der Waals surface area contributed by atoms with Crippen LogP contribution in [-0.4, -0.2) is 30.8 Å². The van der Waals surface area contributed by atoms with Gasteiger partial charge in [-0.25, -0.2) is 0 Å². The topological polar surface area (TPSA) is 58.6 Å². The van der Waals surface area contributed by atoms with Crippen molar-refractivity contribution in [3.8, 4) is 5.75 Å². The molecule has 0 aromatic heterocycles. The molecule has 0 bridgehead atoms. The predicted octanol–water partition coefficient (Wildman–Crippen LogP) is 1.90. The first-order chi connectivity index (χ1) is 9.67. The predicted molar refractivity (Wildman–Crippen MR) is 77.7 cm³/mol. The van der Waals surface area contributed by atoms with E-state index < -0.39 is 0 Å². The normalized spacial score (nSPS) is 21.7. The zero-order valence-electron chi connectivity index (χ0n) is 12.0. The highest BCUT2D eigenvalue weighted by Crippen LogP contribution is 2.24. The number of hydrogen-bond acceptors (Lipinski definition) is 3. The Hall–Kier alpha value is -1.55. The molecule has 1 aliphatic carbocycles. The van der Waals surface area contributed by atoms with Crippen LogP contribution < -0.4 is 10.1 Å². The molecule has 1 aromatic carbocycles. The summed E-state index contributed by atoms with van der Waals surface area (Å²) in [5, 5.41) is 12.4. The largest absolute Gasteiger partial charge is 0.497 e. The maximum absolute atomic E-state index is 11.8. The smallest absolute Gasteiger partial charge is 0.220 e. The van der Waals surface area contributed by atoms with Crippen LogP contribution in [0, 0.1) is 5.92 Å². The molecule has 0 heterocycles. The summed E-state index contributed by atoms with van der Waals surface area (Å²) in [7, 11) is 1.64. The Morgan fingerprint density at radius 2 is 2.30 bits per heavy atom. The Balaban J connectivity index is 1.69. The Labute approximate surface area is 120 Å². The summed E-state index contributed by atoms with van der Waals surface area (Å²) >= 11 is 0. The zero-order valence-corrected chi connectivity index (χ0v) is 12.0. The summed E-state index contributed by atoms with van der Waals surface area (Å²) in [6.45, 7) is 0.688. The molecule has 1 aromatic rings. The van der Waals surface area contributed by atoms with E-state index in [-0.39, 0.29) is 12.0 Å². The number of rotatable bonds is 6. The first-order valence-corrected chi connectivity index (χ1v) is 7.25. The van der Waals surface area contributed by atoms with Gasteiger partial charge in [0, 0.05) is 13.0 Å². The fraction of sp³-hybridized carbons (Fsp3) is 0.562. The Kier molecular flexibility index (Phi) is 5.41. The summed E-state index contributed by atoms with van der Waals surface area (Å²) in [6.07, 6.45) is 3.73. The molecule has 0 radical (unpaired) electrons. The van der Waals surface area contributed by atoms with Gasteiger partial charge in [0.05, 0.1) is 13.2 Å². The van der Waals surface area contributed by atoms with Gasteiger partial charge in [0.15, 0.2) is 0 Å². The minimum absolute atomic E-state index is 0.0780. The van der Waals surface area contributed by atoms with E-state index in [1.165, 1.54) is 0 Å². The lowest BCUT2D eigenvalue weighted by Crippen LogP contribution is -2.28. The average Bonchev–Trinajstić information content (AvgIpc) is 2.89. The number of aliphatic hydroxyl groups excluding tert-OH is 1. The number of aryl methyl sites for hydroxylation is 1. The van der Waals surface area contributed by atoms with Gasteiger partial charge in [-0.3, -0.25) is 4.79 Å². The highest BCUT2D eigenvalue weighted by molar-refractivity contribution is 5.76. The molecular formula is C16H23NO3. The summed E-state index contributed by atoms with van der Waals surface area (Å²) < 4.78 is 5.16. The maximum atomic E-state index is 11.8. The molecule has 4 nitrogen and oxygen atoms in total. The van der Waals surface area contributed by atoms with Gasteiger partial charge in [0.2, 0.25) is 5.91 Å². The van der Waals surface area contributed by atoms with Gasteiger partial charge in [-0.1, -0.05) is 12.1 Å². The second kappa shape index (κ2) is 7.29. The maximum Gasteiger partial charge on any atom is 0.220 e. The Morgan fingerprint density at radius 1 is 1.45 bits per heavy atom. The van der Waals surface area contributed by atoms with E-state index in [4.69, 9.17) is 4.74 Å². The van der Waals surface area contributed by atoms with E-state index in [1.54, 1.807) is 7.11 Å². The summed E-state index contributed by atoms with van der Waals surface area (Å²) in [5.74, 6) is 1.34.